The molecule has 0 bridgehead atoms. The molecule has 0 saturated carbocycles. The van der Waals surface area contributed by atoms with E-state index < -0.39 is 0 Å². The molecule has 0 heterocycles. The van der Waals surface area contributed by atoms with Crippen LogP contribution in [-0.2, 0) is 0 Å². The van der Waals surface area contributed by atoms with Crippen molar-refractivity contribution >= 4 is 15.9 Å². The van der Waals surface area contributed by atoms with Crippen LogP contribution in [0.15, 0.2) is 28.7 Å². The lowest BCUT2D eigenvalue weighted by Crippen LogP contribution is -2.40. The highest BCUT2D eigenvalue weighted by Crippen LogP contribution is 2.17. The van der Waals surface area contributed by atoms with Crippen molar-refractivity contribution in [1.29, 1.82) is 0 Å². The number of benzene rings is 1. The predicted molar refractivity (Wildman–Crippen MR) is 72.0 cm³/mol. The quantitative estimate of drug-likeness (QED) is 0.807. The van der Waals surface area contributed by atoms with Gasteiger partial charge >= 0.3 is 0 Å². The van der Waals surface area contributed by atoms with Gasteiger partial charge in [-0.3, -0.25) is 0 Å². The van der Waals surface area contributed by atoms with E-state index >= 15 is 0 Å². The molecular weight excluding hydrogens is 266 g/mol. The Balaban J connectivity index is 2.26. The number of rotatable bonds is 6. The van der Waals surface area contributed by atoms with Gasteiger partial charge in [0.2, 0.25) is 0 Å². The summed E-state index contributed by atoms with van der Waals surface area (Å²) in [6.45, 7) is 8.15. The summed E-state index contributed by atoms with van der Waals surface area (Å²) in [7, 11) is 0. The first-order valence-electron chi connectivity index (χ1n) is 5.67. The molecule has 2 nitrogen and oxygen atoms in total. The van der Waals surface area contributed by atoms with E-state index in [0.29, 0.717) is 6.61 Å². The Hall–Kier alpha value is -0.540. The lowest BCUT2D eigenvalue weighted by molar-refractivity contribution is 0.281. The maximum Gasteiger partial charge on any atom is 0.120 e. The Kier molecular flexibility index (Phi) is 5.29. The molecule has 0 spiro atoms. The molecule has 0 atom stereocenters. The molecule has 0 aliphatic rings. The van der Waals surface area contributed by atoms with Crippen molar-refractivity contribution in [3.63, 3.8) is 0 Å². The average molecular weight is 286 g/mol. The van der Waals surface area contributed by atoms with Gasteiger partial charge in [0.1, 0.15) is 12.4 Å². The molecule has 0 amide bonds. The van der Waals surface area contributed by atoms with Crippen LogP contribution in [0.5, 0.6) is 5.75 Å². The smallest absolute Gasteiger partial charge is 0.120 e. The van der Waals surface area contributed by atoms with E-state index in [4.69, 9.17) is 4.74 Å². The second-order valence-corrected chi connectivity index (χ2v) is 5.39. The van der Waals surface area contributed by atoms with Crippen LogP contribution in [0.1, 0.15) is 27.2 Å². The summed E-state index contributed by atoms with van der Waals surface area (Å²) in [6.07, 6.45) is 1.11. The normalized spacial score (nSPS) is 11.5. The molecule has 0 radical (unpaired) electrons. The first-order valence-corrected chi connectivity index (χ1v) is 6.46. The summed E-state index contributed by atoms with van der Waals surface area (Å²) in [5.41, 5.74) is 0.195. The molecular formula is C13H20BrNO. The average Bonchev–Trinajstić information content (AvgIpc) is 2.25. The van der Waals surface area contributed by atoms with Crippen molar-refractivity contribution in [1.82, 2.24) is 5.32 Å². The molecule has 1 N–H and O–H groups in total. The van der Waals surface area contributed by atoms with Crippen molar-refractivity contribution in [3.05, 3.63) is 28.7 Å². The van der Waals surface area contributed by atoms with Crippen LogP contribution >= 0.6 is 15.9 Å². The van der Waals surface area contributed by atoms with Crippen LogP contribution < -0.4 is 10.1 Å². The molecule has 0 aromatic heterocycles. The molecule has 1 aromatic carbocycles. The monoisotopic (exact) mass is 285 g/mol. The maximum absolute atomic E-state index is 5.63. The van der Waals surface area contributed by atoms with Crippen LogP contribution in [0.3, 0.4) is 0 Å². The molecule has 1 rings (SSSR count). The number of hydrogen-bond donors (Lipinski definition) is 1. The van der Waals surface area contributed by atoms with Gasteiger partial charge in [0.05, 0.1) is 0 Å². The summed E-state index contributed by atoms with van der Waals surface area (Å²) in [4.78, 5) is 0. The van der Waals surface area contributed by atoms with Crippen molar-refractivity contribution in [2.75, 3.05) is 13.2 Å². The van der Waals surface area contributed by atoms with Crippen LogP contribution in [-0.4, -0.2) is 18.7 Å². The van der Waals surface area contributed by atoms with Crippen LogP contribution in [0, 0.1) is 0 Å². The largest absolute Gasteiger partial charge is 0.492 e. The van der Waals surface area contributed by atoms with Gasteiger partial charge in [0.15, 0.2) is 0 Å². The van der Waals surface area contributed by atoms with E-state index in [1.807, 2.05) is 24.3 Å². The first kappa shape index (κ1) is 13.5. The Labute approximate surface area is 107 Å². The number of nitrogens with one attached hydrogen (secondary N) is 1. The lowest BCUT2D eigenvalue weighted by atomic mass is 10.0. The first-order chi connectivity index (χ1) is 7.53. The Bertz CT molecular complexity index is 325. The minimum atomic E-state index is 0.195. The van der Waals surface area contributed by atoms with Gasteiger partial charge in [-0.15, -0.1) is 0 Å². The van der Waals surface area contributed by atoms with E-state index in [-0.39, 0.29) is 5.54 Å². The molecule has 1 aromatic rings. The van der Waals surface area contributed by atoms with Gasteiger partial charge in [-0.2, -0.15) is 0 Å². The van der Waals surface area contributed by atoms with Gasteiger partial charge < -0.3 is 10.1 Å². The Morgan fingerprint density at radius 2 is 2.12 bits per heavy atom. The van der Waals surface area contributed by atoms with E-state index in [9.17, 15) is 0 Å². The zero-order valence-corrected chi connectivity index (χ0v) is 11.8. The third-order valence-corrected chi connectivity index (χ3v) is 3.15. The fourth-order valence-corrected chi connectivity index (χ4v) is 1.62. The maximum atomic E-state index is 5.63. The third kappa shape index (κ3) is 4.99. The fraction of sp³-hybridized carbons (Fsp3) is 0.538. The highest BCUT2D eigenvalue weighted by molar-refractivity contribution is 9.10. The topological polar surface area (TPSA) is 21.3 Å². The Morgan fingerprint density at radius 3 is 2.75 bits per heavy atom. The zero-order chi connectivity index (χ0) is 12.0. The summed E-state index contributed by atoms with van der Waals surface area (Å²) >= 11 is 3.42. The fourth-order valence-electron chi connectivity index (χ4n) is 1.24. The summed E-state index contributed by atoms with van der Waals surface area (Å²) in [5.74, 6) is 0.908. The minimum Gasteiger partial charge on any atom is -0.492 e. The summed E-state index contributed by atoms with van der Waals surface area (Å²) in [5, 5.41) is 3.46. The van der Waals surface area contributed by atoms with Gasteiger partial charge in [-0.1, -0.05) is 28.9 Å². The number of hydrogen-bond acceptors (Lipinski definition) is 2. The molecule has 0 aliphatic heterocycles. The molecule has 0 aliphatic carbocycles. The highest BCUT2D eigenvalue weighted by Gasteiger charge is 2.12. The van der Waals surface area contributed by atoms with E-state index in [1.54, 1.807) is 0 Å². The SMILES string of the molecule is CCC(C)(C)NCCOc1cccc(Br)c1. The Morgan fingerprint density at radius 1 is 1.38 bits per heavy atom. The third-order valence-electron chi connectivity index (χ3n) is 2.65. The zero-order valence-electron chi connectivity index (χ0n) is 10.2. The van der Waals surface area contributed by atoms with E-state index in [1.165, 1.54) is 0 Å². The van der Waals surface area contributed by atoms with Crippen LogP contribution in [0.4, 0.5) is 0 Å². The van der Waals surface area contributed by atoms with E-state index in [0.717, 1.165) is 23.2 Å². The second-order valence-electron chi connectivity index (χ2n) is 4.47. The summed E-state index contributed by atoms with van der Waals surface area (Å²) in [6, 6.07) is 7.91. The molecule has 3 heteroatoms. The van der Waals surface area contributed by atoms with Gasteiger partial charge in [-0.05, 0) is 38.5 Å². The lowest BCUT2D eigenvalue weighted by Gasteiger charge is -2.24. The standard InChI is InChI=1S/C13H20BrNO/c1-4-13(2,3)15-8-9-16-12-7-5-6-11(14)10-12/h5-7,10,15H,4,8-9H2,1-3H3. The number of halogens is 1. The highest BCUT2D eigenvalue weighted by atomic mass is 79.9. The van der Waals surface area contributed by atoms with Crippen molar-refractivity contribution in [3.8, 4) is 5.75 Å². The van der Waals surface area contributed by atoms with Crippen molar-refractivity contribution in [2.24, 2.45) is 0 Å². The molecule has 0 unspecified atom stereocenters. The number of ether oxygens (including phenoxy) is 1. The van der Waals surface area contributed by atoms with Gasteiger partial charge in [-0.25, -0.2) is 0 Å². The summed E-state index contributed by atoms with van der Waals surface area (Å²) < 4.78 is 6.68. The minimum absolute atomic E-state index is 0.195. The van der Waals surface area contributed by atoms with Gasteiger partial charge in [0.25, 0.3) is 0 Å². The van der Waals surface area contributed by atoms with Crippen molar-refractivity contribution in [2.45, 2.75) is 32.7 Å². The molecule has 0 saturated heterocycles. The van der Waals surface area contributed by atoms with E-state index in [2.05, 4.69) is 42.0 Å². The predicted octanol–water partition coefficient (Wildman–Crippen LogP) is 3.61. The molecule has 16 heavy (non-hydrogen) atoms. The second kappa shape index (κ2) is 6.26. The van der Waals surface area contributed by atoms with Crippen molar-refractivity contribution < 1.29 is 4.74 Å². The van der Waals surface area contributed by atoms with Crippen LogP contribution in [0.2, 0.25) is 0 Å². The molecule has 90 valence electrons. The molecule has 0 fully saturated rings. The van der Waals surface area contributed by atoms with Gasteiger partial charge in [0, 0.05) is 16.6 Å². The van der Waals surface area contributed by atoms with Crippen LogP contribution in [0.25, 0.3) is 0 Å².